The SMILES string of the molecule is CC(=O)C(CCC(=O)OCCCCO)(CCC(=O)OCCCCO)C(C)=O. The number of hydrogen-bond donors (Lipinski definition) is 2. The van der Waals surface area contributed by atoms with Gasteiger partial charge in [-0.25, -0.2) is 0 Å². The standard InChI is InChI=1S/C19H32O8/c1-15(22)19(16(2)23,9-7-17(24)26-13-5-3-11-20)10-8-18(25)27-14-6-4-12-21/h20-21H,3-14H2,1-2H3. The molecule has 0 saturated heterocycles. The zero-order valence-electron chi connectivity index (χ0n) is 16.3. The first-order valence-corrected chi connectivity index (χ1v) is 9.35. The van der Waals surface area contributed by atoms with Crippen molar-refractivity contribution >= 4 is 23.5 Å². The highest BCUT2D eigenvalue weighted by Crippen LogP contribution is 2.33. The van der Waals surface area contributed by atoms with Gasteiger partial charge in [0.1, 0.15) is 11.6 Å². The Bertz CT molecular complexity index is 442. The Balaban J connectivity index is 4.64. The largest absolute Gasteiger partial charge is 0.466 e. The van der Waals surface area contributed by atoms with Crippen LogP contribution in [0.1, 0.15) is 65.2 Å². The molecule has 0 amide bonds. The maximum absolute atomic E-state index is 12.2. The van der Waals surface area contributed by atoms with Gasteiger partial charge in [-0.15, -0.1) is 0 Å². The Morgan fingerprint density at radius 3 is 1.37 bits per heavy atom. The number of esters is 2. The van der Waals surface area contributed by atoms with E-state index in [-0.39, 0.29) is 52.1 Å². The van der Waals surface area contributed by atoms with Crippen LogP contribution in [0.2, 0.25) is 0 Å². The number of unbranched alkanes of at least 4 members (excludes halogenated alkanes) is 2. The number of carbonyl (C=O) groups is 4. The van der Waals surface area contributed by atoms with Crippen molar-refractivity contribution in [3.8, 4) is 0 Å². The summed E-state index contributed by atoms with van der Waals surface area (Å²) in [5.41, 5.74) is -1.41. The maximum atomic E-state index is 12.2. The molecular formula is C19H32O8. The van der Waals surface area contributed by atoms with Crippen molar-refractivity contribution in [2.75, 3.05) is 26.4 Å². The molecule has 0 aromatic heterocycles. The molecule has 0 fully saturated rings. The number of rotatable bonds is 16. The molecule has 0 aliphatic heterocycles. The van der Waals surface area contributed by atoms with E-state index >= 15 is 0 Å². The van der Waals surface area contributed by atoms with Crippen molar-refractivity contribution in [1.82, 2.24) is 0 Å². The highest BCUT2D eigenvalue weighted by molar-refractivity contribution is 6.05. The molecular weight excluding hydrogens is 356 g/mol. The Labute approximate surface area is 160 Å². The van der Waals surface area contributed by atoms with Crippen molar-refractivity contribution in [2.24, 2.45) is 5.41 Å². The monoisotopic (exact) mass is 388 g/mol. The molecule has 8 heteroatoms. The van der Waals surface area contributed by atoms with Crippen LogP contribution in [0.4, 0.5) is 0 Å². The average Bonchev–Trinajstić information content (AvgIpc) is 2.62. The van der Waals surface area contributed by atoms with Crippen molar-refractivity contribution in [3.05, 3.63) is 0 Å². The lowest BCUT2D eigenvalue weighted by atomic mass is 9.73. The summed E-state index contributed by atoms with van der Waals surface area (Å²) in [6, 6.07) is 0. The number of aliphatic hydroxyl groups excluding tert-OH is 2. The van der Waals surface area contributed by atoms with Gasteiger partial charge in [0.05, 0.1) is 18.6 Å². The molecule has 8 nitrogen and oxygen atoms in total. The Morgan fingerprint density at radius 1 is 0.704 bits per heavy atom. The van der Waals surface area contributed by atoms with Gasteiger partial charge < -0.3 is 19.7 Å². The van der Waals surface area contributed by atoms with Gasteiger partial charge >= 0.3 is 11.9 Å². The van der Waals surface area contributed by atoms with Crippen molar-refractivity contribution < 1.29 is 38.9 Å². The Hall–Kier alpha value is -1.80. The fourth-order valence-corrected chi connectivity index (χ4v) is 2.65. The number of hydrogen-bond acceptors (Lipinski definition) is 8. The summed E-state index contributed by atoms with van der Waals surface area (Å²) in [5.74, 6) is -1.83. The highest BCUT2D eigenvalue weighted by Gasteiger charge is 2.41. The van der Waals surface area contributed by atoms with E-state index in [4.69, 9.17) is 19.7 Å². The van der Waals surface area contributed by atoms with Crippen LogP contribution in [0.5, 0.6) is 0 Å². The van der Waals surface area contributed by atoms with Gasteiger partial charge in [-0.3, -0.25) is 19.2 Å². The molecule has 0 radical (unpaired) electrons. The molecule has 0 atom stereocenters. The number of ether oxygens (including phenoxy) is 2. The van der Waals surface area contributed by atoms with E-state index in [1.54, 1.807) is 0 Å². The molecule has 2 N–H and O–H groups in total. The maximum Gasteiger partial charge on any atom is 0.305 e. The van der Waals surface area contributed by atoms with E-state index in [1.165, 1.54) is 13.8 Å². The van der Waals surface area contributed by atoms with Crippen LogP contribution in [0.3, 0.4) is 0 Å². The smallest absolute Gasteiger partial charge is 0.305 e. The second kappa shape index (κ2) is 14.3. The first-order valence-electron chi connectivity index (χ1n) is 9.35. The molecule has 0 bridgehead atoms. The predicted molar refractivity (Wildman–Crippen MR) is 96.8 cm³/mol. The second-order valence-corrected chi connectivity index (χ2v) is 6.50. The van der Waals surface area contributed by atoms with Crippen LogP contribution in [-0.2, 0) is 28.7 Å². The van der Waals surface area contributed by atoms with Gasteiger partial charge in [0, 0.05) is 26.1 Å². The van der Waals surface area contributed by atoms with E-state index in [0.29, 0.717) is 25.7 Å². The molecule has 0 aromatic carbocycles. The number of ketones is 2. The summed E-state index contributed by atoms with van der Waals surface area (Å²) in [7, 11) is 0. The Kier molecular flexibility index (Phi) is 13.3. The number of Topliss-reactive ketones (excluding diaryl/α,β-unsaturated/α-hetero) is 2. The lowest BCUT2D eigenvalue weighted by molar-refractivity contribution is -0.147. The van der Waals surface area contributed by atoms with E-state index in [9.17, 15) is 19.2 Å². The van der Waals surface area contributed by atoms with E-state index in [0.717, 1.165) is 0 Å². The highest BCUT2D eigenvalue weighted by atomic mass is 16.5. The van der Waals surface area contributed by atoms with Crippen LogP contribution >= 0.6 is 0 Å². The third-order valence-corrected chi connectivity index (χ3v) is 4.49. The Morgan fingerprint density at radius 2 is 1.07 bits per heavy atom. The zero-order valence-corrected chi connectivity index (χ0v) is 16.3. The molecule has 0 saturated carbocycles. The molecule has 0 spiro atoms. The summed E-state index contributed by atoms with van der Waals surface area (Å²) in [6.45, 7) is 2.94. The second-order valence-electron chi connectivity index (χ2n) is 6.50. The summed E-state index contributed by atoms with van der Waals surface area (Å²) >= 11 is 0. The number of aliphatic hydroxyl groups is 2. The molecule has 0 heterocycles. The van der Waals surface area contributed by atoms with Crippen LogP contribution in [-0.4, -0.2) is 60.1 Å². The minimum Gasteiger partial charge on any atom is -0.466 e. The van der Waals surface area contributed by atoms with E-state index in [2.05, 4.69) is 0 Å². The molecule has 156 valence electrons. The summed E-state index contributed by atoms with van der Waals surface area (Å²) in [4.78, 5) is 47.9. The molecule has 0 aliphatic rings. The van der Waals surface area contributed by atoms with Crippen molar-refractivity contribution in [2.45, 2.75) is 65.2 Å². The fraction of sp³-hybridized carbons (Fsp3) is 0.789. The summed E-state index contributed by atoms with van der Waals surface area (Å²) in [6.07, 6.45) is 1.87. The normalized spacial score (nSPS) is 11.1. The lowest BCUT2D eigenvalue weighted by Gasteiger charge is -2.28. The summed E-state index contributed by atoms with van der Waals surface area (Å²) < 4.78 is 10.0. The van der Waals surface area contributed by atoms with Crippen LogP contribution < -0.4 is 0 Å². The molecule has 0 aromatic rings. The van der Waals surface area contributed by atoms with Crippen molar-refractivity contribution in [3.63, 3.8) is 0 Å². The minimum atomic E-state index is -1.41. The van der Waals surface area contributed by atoms with Gasteiger partial charge in [0.2, 0.25) is 0 Å². The van der Waals surface area contributed by atoms with E-state index in [1.807, 2.05) is 0 Å². The van der Waals surface area contributed by atoms with Gasteiger partial charge in [0.15, 0.2) is 0 Å². The minimum absolute atomic E-state index is 0.0193. The predicted octanol–water partition coefficient (Wildman–Crippen LogP) is 1.34. The zero-order chi connectivity index (χ0) is 20.7. The van der Waals surface area contributed by atoms with Crippen LogP contribution in [0, 0.1) is 5.41 Å². The van der Waals surface area contributed by atoms with Crippen LogP contribution in [0.15, 0.2) is 0 Å². The fourth-order valence-electron chi connectivity index (χ4n) is 2.65. The molecule has 27 heavy (non-hydrogen) atoms. The van der Waals surface area contributed by atoms with Crippen LogP contribution in [0.25, 0.3) is 0 Å². The van der Waals surface area contributed by atoms with Gasteiger partial charge in [-0.2, -0.15) is 0 Å². The average molecular weight is 388 g/mol. The number of carbonyl (C=O) groups excluding carboxylic acids is 4. The lowest BCUT2D eigenvalue weighted by Crippen LogP contribution is -2.38. The topological polar surface area (TPSA) is 127 Å². The molecule has 0 aliphatic carbocycles. The first kappa shape index (κ1) is 25.2. The van der Waals surface area contributed by atoms with Gasteiger partial charge in [0.25, 0.3) is 0 Å². The third-order valence-electron chi connectivity index (χ3n) is 4.49. The first-order chi connectivity index (χ1) is 12.8. The quantitative estimate of drug-likeness (QED) is 0.230. The summed E-state index contributed by atoms with van der Waals surface area (Å²) in [5, 5.41) is 17.4. The molecule has 0 unspecified atom stereocenters. The van der Waals surface area contributed by atoms with E-state index < -0.39 is 28.9 Å². The molecule has 0 rings (SSSR count). The van der Waals surface area contributed by atoms with Gasteiger partial charge in [-0.1, -0.05) is 0 Å². The van der Waals surface area contributed by atoms with Gasteiger partial charge in [-0.05, 0) is 52.4 Å². The van der Waals surface area contributed by atoms with Crippen molar-refractivity contribution in [1.29, 1.82) is 0 Å². The third kappa shape index (κ3) is 10.2.